The lowest BCUT2D eigenvalue weighted by molar-refractivity contribution is 0.0921. The van der Waals surface area contributed by atoms with E-state index in [0.717, 1.165) is 37.4 Å². The lowest BCUT2D eigenvalue weighted by Gasteiger charge is -2.26. The number of hydrogen-bond acceptors (Lipinski definition) is 5. The molecule has 5 nitrogen and oxygen atoms in total. The molecule has 1 aromatic heterocycles. The van der Waals surface area contributed by atoms with Crippen LogP contribution in [0.5, 0.6) is 0 Å². The van der Waals surface area contributed by atoms with Crippen molar-refractivity contribution < 1.29 is 4.79 Å². The van der Waals surface area contributed by atoms with Crippen LogP contribution in [-0.2, 0) is 0 Å². The number of aromatic nitrogens is 2. The lowest BCUT2D eigenvalue weighted by Crippen LogP contribution is -2.42. The van der Waals surface area contributed by atoms with Gasteiger partial charge in [-0.05, 0) is 25.7 Å². The van der Waals surface area contributed by atoms with Gasteiger partial charge in [0.15, 0.2) is 5.69 Å². The molecule has 6 heteroatoms. The predicted octanol–water partition coefficient (Wildman–Crippen LogP) is 0.538. The van der Waals surface area contributed by atoms with Crippen LogP contribution >= 0.6 is 11.7 Å². The molecule has 0 aromatic carbocycles. The summed E-state index contributed by atoms with van der Waals surface area (Å²) in [5.74, 6) is -0.136. The van der Waals surface area contributed by atoms with Gasteiger partial charge in [0.05, 0.1) is 17.9 Å². The van der Waals surface area contributed by atoms with E-state index in [4.69, 9.17) is 5.73 Å². The van der Waals surface area contributed by atoms with E-state index in [1.54, 1.807) is 0 Å². The van der Waals surface area contributed by atoms with Crippen molar-refractivity contribution in [2.75, 3.05) is 0 Å². The average Bonchev–Trinajstić information content (AvgIpc) is 2.70. The van der Waals surface area contributed by atoms with Crippen LogP contribution in [0, 0.1) is 0 Å². The highest BCUT2D eigenvalue weighted by molar-refractivity contribution is 6.99. The van der Waals surface area contributed by atoms with Crippen LogP contribution in [0.2, 0.25) is 0 Å². The van der Waals surface area contributed by atoms with Gasteiger partial charge in [-0.15, -0.1) is 0 Å². The molecule has 1 aromatic rings. The molecule has 1 heterocycles. The molecule has 3 N–H and O–H groups in total. The van der Waals surface area contributed by atoms with Crippen LogP contribution in [-0.4, -0.2) is 26.7 Å². The van der Waals surface area contributed by atoms with E-state index in [1.807, 2.05) is 0 Å². The number of carbonyl (C=O) groups excluding carboxylic acids is 1. The van der Waals surface area contributed by atoms with Crippen molar-refractivity contribution in [2.45, 2.75) is 37.8 Å². The topological polar surface area (TPSA) is 80.9 Å². The lowest BCUT2D eigenvalue weighted by atomic mass is 9.91. The fraction of sp³-hybridized carbons (Fsp3) is 0.667. The van der Waals surface area contributed by atoms with Crippen molar-refractivity contribution in [3.8, 4) is 0 Å². The normalized spacial score (nSPS) is 26.2. The number of amides is 1. The summed E-state index contributed by atoms with van der Waals surface area (Å²) in [6, 6.07) is 0.417. The summed E-state index contributed by atoms with van der Waals surface area (Å²) in [6.45, 7) is 0. The second-order valence-corrected chi connectivity index (χ2v) is 4.45. The van der Waals surface area contributed by atoms with Gasteiger partial charge in [-0.1, -0.05) is 0 Å². The summed E-state index contributed by atoms with van der Waals surface area (Å²) in [5, 5.41) is 2.94. The summed E-state index contributed by atoms with van der Waals surface area (Å²) >= 11 is 1.04. The van der Waals surface area contributed by atoms with Crippen molar-refractivity contribution >= 4 is 17.6 Å². The third kappa shape index (κ3) is 2.73. The Balaban J connectivity index is 1.89. The second-order valence-electron chi connectivity index (χ2n) is 3.89. The fourth-order valence-electron chi connectivity index (χ4n) is 1.88. The number of hydrogen-bond donors (Lipinski definition) is 2. The summed E-state index contributed by atoms with van der Waals surface area (Å²) in [7, 11) is 0. The monoisotopic (exact) mass is 226 g/mol. The Kier molecular flexibility index (Phi) is 3.27. The van der Waals surface area contributed by atoms with Crippen LogP contribution < -0.4 is 11.1 Å². The Morgan fingerprint density at radius 3 is 3.13 bits per heavy atom. The average molecular weight is 226 g/mol. The standard InChI is InChI=1S/C9H14N4OS/c10-6-2-1-3-7(4-6)12-9(14)8-5-11-15-13-8/h5-7H,1-4,10H2,(H,12,14). The van der Waals surface area contributed by atoms with Crippen molar-refractivity contribution in [1.29, 1.82) is 0 Å². The highest BCUT2D eigenvalue weighted by atomic mass is 32.1. The highest BCUT2D eigenvalue weighted by Gasteiger charge is 2.21. The molecule has 0 aliphatic heterocycles. The summed E-state index contributed by atoms with van der Waals surface area (Å²) in [6.07, 6.45) is 5.51. The minimum atomic E-state index is -0.136. The Morgan fingerprint density at radius 2 is 2.47 bits per heavy atom. The molecular formula is C9H14N4OS. The fourth-order valence-corrected chi connectivity index (χ4v) is 2.29. The summed E-state index contributed by atoms with van der Waals surface area (Å²) in [4.78, 5) is 11.6. The minimum absolute atomic E-state index is 0.136. The molecule has 1 amide bonds. The number of nitrogens with zero attached hydrogens (tertiary/aromatic N) is 2. The maximum absolute atomic E-state index is 11.6. The number of rotatable bonds is 2. The molecule has 1 aliphatic rings. The van der Waals surface area contributed by atoms with Gasteiger partial charge in [0, 0.05) is 12.1 Å². The van der Waals surface area contributed by atoms with Crippen molar-refractivity contribution in [1.82, 2.24) is 14.1 Å². The zero-order valence-corrected chi connectivity index (χ0v) is 9.17. The Labute approximate surface area is 92.4 Å². The van der Waals surface area contributed by atoms with E-state index in [0.29, 0.717) is 5.69 Å². The van der Waals surface area contributed by atoms with Gasteiger partial charge in [-0.2, -0.15) is 8.75 Å². The van der Waals surface area contributed by atoms with Gasteiger partial charge in [-0.3, -0.25) is 4.79 Å². The third-order valence-electron chi connectivity index (χ3n) is 2.64. The molecule has 1 fully saturated rings. The van der Waals surface area contributed by atoms with E-state index in [-0.39, 0.29) is 18.0 Å². The first-order valence-corrected chi connectivity index (χ1v) is 5.83. The van der Waals surface area contributed by atoms with E-state index in [9.17, 15) is 4.79 Å². The van der Waals surface area contributed by atoms with E-state index in [2.05, 4.69) is 14.1 Å². The molecule has 2 rings (SSSR count). The zero-order valence-electron chi connectivity index (χ0n) is 8.35. The number of carbonyl (C=O) groups is 1. The molecular weight excluding hydrogens is 212 g/mol. The maximum atomic E-state index is 11.6. The van der Waals surface area contributed by atoms with Gasteiger partial charge < -0.3 is 11.1 Å². The minimum Gasteiger partial charge on any atom is -0.348 e. The molecule has 0 saturated heterocycles. The first-order chi connectivity index (χ1) is 7.25. The van der Waals surface area contributed by atoms with Crippen molar-refractivity contribution in [3.05, 3.63) is 11.9 Å². The molecule has 15 heavy (non-hydrogen) atoms. The highest BCUT2D eigenvalue weighted by Crippen LogP contribution is 2.17. The molecule has 1 aliphatic carbocycles. The van der Waals surface area contributed by atoms with Gasteiger partial charge in [-0.25, -0.2) is 0 Å². The first-order valence-electron chi connectivity index (χ1n) is 5.09. The van der Waals surface area contributed by atoms with Crippen LogP contribution in [0.4, 0.5) is 0 Å². The van der Waals surface area contributed by atoms with Gasteiger partial charge in [0.1, 0.15) is 0 Å². The molecule has 2 atom stereocenters. The molecule has 0 radical (unpaired) electrons. The second kappa shape index (κ2) is 4.67. The van der Waals surface area contributed by atoms with Crippen molar-refractivity contribution in [3.63, 3.8) is 0 Å². The Bertz CT molecular complexity index is 327. The number of nitrogens with two attached hydrogens (primary N) is 1. The van der Waals surface area contributed by atoms with Gasteiger partial charge in [0.25, 0.3) is 5.91 Å². The SMILES string of the molecule is NC1CCCC(NC(=O)c2cnsn2)C1. The maximum Gasteiger partial charge on any atom is 0.272 e. The molecule has 0 bridgehead atoms. The van der Waals surface area contributed by atoms with Gasteiger partial charge in [0.2, 0.25) is 0 Å². The molecule has 0 spiro atoms. The van der Waals surface area contributed by atoms with E-state index < -0.39 is 0 Å². The summed E-state index contributed by atoms with van der Waals surface area (Å²) in [5.41, 5.74) is 6.24. The van der Waals surface area contributed by atoms with Crippen molar-refractivity contribution in [2.24, 2.45) is 5.73 Å². The molecule has 82 valence electrons. The largest absolute Gasteiger partial charge is 0.348 e. The third-order valence-corrected chi connectivity index (χ3v) is 3.12. The van der Waals surface area contributed by atoms with Crippen LogP contribution in [0.1, 0.15) is 36.2 Å². The van der Waals surface area contributed by atoms with E-state index >= 15 is 0 Å². The van der Waals surface area contributed by atoms with Crippen LogP contribution in [0.3, 0.4) is 0 Å². The first kappa shape index (κ1) is 10.5. The predicted molar refractivity (Wildman–Crippen MR) is 57.6 cm³/mol. The smallest absolute Gasteiger partial charge is 0.272 e. The summed E-state index contributed by atoms with van der Waals surface area (Å²) < 4.78 is 7.68. The Morgan fingerprint density at radius 1 is 1.60 bits per heavy atom. The van der Waals surface area contributed by atoms with Crippen LogP contribution in [0.15, 0.2) is 6.20 Å². The zero-order chi connectivity index (χ0) is 10.7. The molecule has 1 saturated carbocycles. The molecule has 2 unspecified atom stereocenters. The van der Waals surface area contributed by atoms with E-state index in [1.165, 1.54) is 6.20 Å². The number of nitrogens with one attached hydrogen (secondary N) is 1. The quantitative estimate of drug-likeness (QED) is 0.771. The Hall–Kier alpha value is -1.01. The van der Waals surface area contributed by atoms with Crippen LogP contribution in [0.25, 0.3) is 0 Å². The van der Waals surface area contributed by atoms with Gasteiger partial charge >= 0.3 is 0 Å².